The summed E-state index contributed by atoms with van der Waals surface area (Å²) in [6.45, 7) is 5.49. The first-order valence-electron chi connectivity index (χ1n) is 9.01. The monoisotopic (exact) mass is 382 g/mol. The molecule has 28 heavy (non-hydrogen) atoms. The van der Waals surface area contributed by atoms with Crippen LogP contribution in [-0.4, -0.2) is 22.5 Å². The second-order valence-corrected chi connectivity index (χ2v) is 6.68. The molecule has 0 aliphatic carbocycles. The molecule has 1 atom stereocenters. The van der Waals surface area contributed by atoms with Crippen molar-refractivity contribution in [3.05, 3.63) is 64.1 Å². The summed E-state index contributed by atoms with van der Waals surface area (Å²) in [5.74, 6) is -1.51. The summed E-state index contributed by atoms with van der Waals surface area (Å²) in [6.07, 6.45) is -1.00. The van der Waals surface area contributed by atoms with Gasteiger partial charge in [-0.1, -0.05) is 29.8 Å². The van der Waals surface area contributed by atoms with E-state index in [2.05, 4.69) is 5.32 Å². The number of nitrogens with one attached hydrogen (secondary N) is 1. The predicted octanol–water partition coefficient (Wildman–Crippen LogP) is 3.17. The molecule has 0 fully saturated rings. The van der Waals surface area contributed by atoms with Gasteiger partial charge >= 0.3 is 11.7 Å². The minimum Gasteiger partial charge on any atom is -0.452 e. The summed E-state index contributed by atoms with van der Waals surface area (Å²) in [4.78, 5) is 36.3. The van der Waals surface area contributed by atoms with E-state index in [-0.39, 0.29) is 13.0 Å². The van der Waals surface area contributed by atoms with Crippen LogP contribution in [0, 0.1) is 13.8 Å². The van der Waals surface area contributed by atoms with Crippen LogP contribution in [0.3, 0.4) is 0 Å². The summed E-state index contributed by atoms with van der Waals surface area (Å²) < 4.78 is 11.7. The number of amides is 1. The van der Waals surface area contributed by atoms with Gasteiger partial charge in [0.1, 0.15) is 0 Å². The number of anilines is 1. The number of nitrogens with zero attached hydrogens (tertiary/aromatic N) is 1. The van der Waals surface area contributed by atoms with Crippen LogP contribution < -0.4 is 11.1 Å². The third-order valence-corrected chi connectivity index (χ3v) is 4.43. The van der Waals surface area contributed by atoms with E-state index in [1.165, 1.54) is 11.5 Å². The highest BCUT2D eigenvalue weighted by Crippen LogP contribution is 2.17. The Morgan fingerprint density at radius 3 is 2.68 bits per heavy atom. The molecule has 3 rings (SSSR count). The van der Waals surface area contributed by atoms with Crippen molar-refractivity contribution < 1.29 is 18.7 Å². The third kappa shape index (κ3) is 4.31. The van der Waals surface area contributed by atoms with Crippen LogP contribution in [0.4, 0.5) is 5.69 Å². The normalized spacial score (nSPS) is 12.0. The van der Waals surface area contributed by atoms with Gasteiger partial charge in [-0.2, -0.15) is 0 Å². The maximum Gasteiger partial charge on any atom is 0.419 e. The fourth-order valence-electron chi connectivity index (χ4n) is 2.93. The molecular formula is C21H22N2O5. The van der Waals surface area contributed by atoms with Crippen molar-refractivity contribution in [1.82, 2.24) is 4.57 Å². The lowest BCUT2D eigenvalue weighted by Crippen LogP contribution is -2.30. The number of carbonyl (C=O) groups is 2. The zero-order valence-corrected chi connectivity index (χ0v) is 16.0. The number of carbonyl (C=O) groups excluding carboxylic acids is 2. The molecule has 0 bridgehead atoms. The Balaban J connectivity index is 1.57. The highest BCUT2D eigenvalue weighted by atomic mass is 16.5. The molecule has 146 valence electrons. The zero-order chi connectivity index (χ0) is 20.3. The molecule has 7 heteroatoms. The van der Waals surface area contributed by atoms with Crippen molar-refractivity contribution in [2.45, 2.75) is 39.8 Å². The highest BCUT2D eigenvalue weighted by Gasteiger charge is 2.19. The van der Waals surface area contributed by atoms with E-state index in [9.17, 15) is 14.4 Å². The summed E-state index contributed by atoms with van der Waals surface area (Å²) in [6, 6.07) is 12.6. The molecule has 0 aliphatic heterocycles. The first-order chi connectivity index (χ1) is 13.3. The number of ether oxygens (including phenoxy) is 1. The SMILES string of the molecule is Cc1ccc(NC(=O)[C@H](C)OC(=O)CCn2c(=O)oc3ccccc32)c(C)c1. The quantitative estimate of drug-likeness (QED) is 0.661. The molecule has 2 aromatic carbocycles. The van der Waals surface area contributed by atoms with Crippen molar-refractivity contribution in [2.75, 3.05) is 5.32 Å². The van der Waals surface area contributed by atoms with Crippen molar-refractivity contribution >= 4 is 28.7 Å². The lowest BCUT2D eigenvalue weighted by atomic mass is 10.1. The van der Waals surface area contributed by atoms with E-state index in [1.54, 1.807) is 24.3 Å². The van der Waals surface area contributed by atoms with Gasteiger partial charge in [-0.25, -0.2) is 4.79 Å². The lowest BCUT2D eigenvalue weighted by molar-refractivity contribution is -0.153. The van der Waals surface area contributed by atoms with E-state index >= 15 is 0 Å². The number of hydrogen-bond donors (Lipinski definition) is 1. The molecule has 0 unspecified atom stereocenters. The number of esters is 1. The number of benzene rings is 2. The van der Waals surface area contributed by atoms with E-state index in [1.807, 2.05) is 32.0 Å². The van der Waals surface area contributed by atoms with Gasteiger partial charge in [-0.05, 0) is 44.5 Å². The number of hydrogen-bond acceptors (Lipinski definition) is 5. The Morgan fingerprint density at radius 2 is 1.93 bits per heavy atom. The minimum atomic E-state index is -0.953. The largest absolute Gasteiger partial charge is 0.452 e. The van der Waals surface area contributed by atoms with Crippen molar-refractivity contribution in [2.24, 2.45) is 0 Å². The fraction of sp³-hybridized carbons (Fsp3) is 0.286. The number of fused-ring (bicyclic) bond motifs is 1. The molecule has 0 saturated heterocycles. The lowest BCUT2D eigenvalue weighted by Gasteiger charge is -2.15. The highest BCUT2D eigenvalue weighted by molar-refractivity contribution is 5.95. The van der Waals surface area contributed by atoms with Crippen LogP contribution in [0.5, 0.6) is 0 Å². The van der Waals surface area contributed by atoms with E-state index < -0.39 is 23.7 Å². The second kappa shape index (κ2) is 8.12. The number of rotatable bonds is 6. The maximum atomic E-state index is 12.3. The average Bonchev–Trinajstić information content (AvgIpc) is 2.97. The minimum absolute atomic E-state index is 0.0510. The summed E-state index contributed by atoms with van der Waals surface area (Å²) in [5.41, 5.74) is 3.77. The molecule has 1 aromatic heterocycles. The Morgan fingerprint density at radius 1 is 1.18 bits per heavy atom. The second-order valence-electron chi connectivity index (χ2n) is 6.68. The van der Waals surface area contributed by atoms with Gasteiger partial charge in [0.25, 0.3) is 5.91 Å². The zero-order valence-electron chi connectivity index (χ0n) is 16.0. The summed E-state index contributed by atoms with van der Waals surface area (Å²) in [7, 11) is 0. The molecule has 0 saturated carbocycles. The van der Waals surface area contributed by atoms with Gasteiger partial charge in [-0.3, -0.25) is 14.2 Å². The molecular weight excluding hydrogens is 360 g/mol. The van der Waals surface area contributed by atoms with Gasteiger partial charge < -0.3 is 14.5 Å². The van der Waals surface area contributed by atoms with Crippen LogP contribution >= 0.6 is 0 Å². The Labute approximate surface area is 161 Å². The van der Waals surface area contributed by atoms with Crippen LogP contribution in [0.15, 0.2) is 51.7 Å². The smallest absolute Gasteiger partial charge is 0.419 e. The average molecular weight is 382 g/mol. The molecule has 1 heterocycles. The maximum absolute atomic E-state index is 12.3. The molecule has 7 nitrogen and oxygen atoms in total. The van der Waals surface area contributed by atoms with Gasteiger partial charge in [0, 0.05) is 12.2 Å². The standard InChI is InChI=1S/C21H22N2O5/c1-13-8-9-16(14(2)12-13)22-20(25)15(3)27-19(24)10-11-23-17-6-4-5-7-18(17)28-21(23)26/h4-9,12,15H,10-11H2,1-3H3,(H,22,25)/t15-/m0/s1. The Kier molecular flexibility index (Phi) is 5.63. The van der Waals surface area contributed by atoms with E-state index in [4.69, 9.17) is 9.15 Å². The van der Waals surface area contributed by atoms with Gasteiger partial charge in [0.05, 0.1) is 11.9 Å². The summed E-state index contributed by atoms with van der Waals surface area (Å²) >= 11 is 0. The summed E-state index contributed by atoms with van der Waals surface area (Å²) in [5, 5.41) is 2.76. The van der Waals surface area contributed by atoms with E-state index in [0.717, 1.165) is 11.1 Å². The van der Waals surface area contributed by atoms with Crippen LogP contribution in [0.2, 0.25) is 0 Å². The topological polar surface area (TPSA) is 90.5 Å². The van der Waals surface area contributed by atoms with Gasteiger partial charge in [0.2, 0.25) is 0 Å². The molecule has 0 radical (unpaired) electrons. The van der Waals surface area contributed by atoms with Crippen LogP contribution in [0.1, 0.15) is 24.5 Å². The number of aromatic nitrogens is 1. The van der Waals surface area contributed by atoms with Crippen molar-refractivity contribution in [3.63, 3.8) is 0 Å². The molecule has 3 aromatic rings. The number of para-hydroxylation sites is 2. The molecule has 1 N–H and O–H groups in total. The molecule has 0 spiro atoms. The first kappa shape index (κ1) is 19.4. The molecule has 0 aliphatic rings. The first-order valence-corrected chi connectivity index (χ1v) is 9.01. The van der Waals surface area contributed by atoms with Gasteiger partial charge in [-0.15, -0.1) is 0 Å². The van der Waals surface area contributed by atoms with Crippen LogP contribution in [0.25, 0.3) is 11.1 Å². The van der Waals surface area contributed by atoms with Crippen molar-refractivity contribution in [3.8, 4) is 0 Å². The third-order valence-electron chi connectivity index (χ3n) is 4.43. The molecule has 1 amide bonds. The predicted molar refractivity (Wildman–Crippen MR) is 105 cm³/mol. The fourth-order valence-corrected chi connectivity index (χ4v) is 2.93. The van der Waals surface area contributed by atoms with Gasteiger partial charge in [0.15, 0.2) is 11.7 Å². The van der Waals surface area contributed by atoms with Crippen LogP contribution in [-0.2, 0) is 20.9 Å². The van der Waals surface area contributed by atoms with Crippen molar-refractivity contribution in [1.29, 1.82) is 0 Å². The Bertz CT molecular complexity index is 1080. The Hall–Kier alpha value is -3.35. The van der Waals surface area contributed by atoms with E-state index in [0.29, 0.717) is 16.8 Å². The number of oxazole rings is 1. The number of aryl methyl sites for hydroxylation is 3.